The first-order valence-corrected chi connectivity index (χ1v) is 6.95. The topological polar surface area (TPSA) is 54.7 Å². The van der Waals surface area contributed by atoms with Crippen LogP contribution in [0.3, 0.4) is 0 Å². The highest BCUT2D eigenvalue weighted by atomic mass is 15.0. The Kier molecular flexibility index (Phi) is 4.59. The van der Waals surface area contributed by atoms with Crippen molar-refractivity contribution < 1.29 is 0 Å². The molecule has 3 heteroatoms. The summed E-state index contributed by atoms with van der Waals surface area (Å²) in [5.41, 5.74) is 8.64. The number of aryl methyl sites for hydroxylation is 1. The van der Waals surface area contributed by atoms with Gasteiger partial charge in [-0.3, -0.25) is 0 Å². The molecule has 0 saturated carbocycles. The van der Waals surface area contributed by atoms with Gasteiger partial charge in [0.15, 0.2) is 0 Å². The fourth-order valence-electron chi connectivity index (χ4n) is 2.43. The third-order valence-corrected chi connectivity index (χ3v) is 3.57. The Hall–Kier alpha value is -1.79. The van der Waals surface area contributed by atoms with Crippen molar-refractivity contribution in [2.45, 2.75) is 45.2 Å². The minimum Gasteiger partial charge on any atom is -0.347 e. The van der Waals surface area contributed by atoms with E-state index in [1.807, 2.05) is 0 Å². The van der Waals surface area contributed by atoms with Crippen LogP contribution in [0.15, 0.2) is 30.5 Å². The highest BCUT2D eigenvalue weighted by Gasteiger charge is 2.10. The molecule has 0 aliphatic carbocycles. The lowest BCUT2D eigenvalue weighted by Gasteiger charge is -2.06. The van der Waals surface area contributed by atoms with Gasteiger partial charge in [-0.1, -0.05) is 25.1 Å². The van der Waals surface area contributed by atoms with Crippen LogP contribution in [0.4, 0.5) is 0 Å². The number of nitrogens with two attached hydrogens (primary N) is 1. The van der Waals surface area contributed by atoms with E-state index in [2.05, 4.69) is 48.0 Å². The molecule has 1 heterocycles. The standard InChI is InChI=1S/C16H21N3/c1-2-14(18)11-13-12-19(10-6-5-9-17)16-8-4-3-7-15(13)16/h3-4,7-8,12,14H,2,5-6,10-11,18H2,1H3. The predicted octanol–water partition coefficient (Wildman–Crippen LogP) is 3.22. The number of benzene rings is 1. The molecule has 1 unspecified atom stereocenters. The Morgan fingerprint density at radius 3 is 2.89 bits per heavy atom. The number of aromatic nitrogens is 1. The molecular weight excluding hydrogens is 234 g/mol. The van der Waals surface area contributed by atoms with Gasteiger partial charge in [0, 0.05) is 36.1 Å². The number of nitrogens with zero attached hydrogens (tertiary/aromatic N) is 2. The smallest absolute Gasteiger partial charge is 0.0622 e. The SMILES string of the molecule is CCC(N)Cc1cn(CCCC#N)c2ccccc12. The van der Waals surface area contributed by atoms with Crippen LogP contribution in [0.5, 0.6) is 0 Å². The maximum atomic E-state index is 8.64. The van der Waals surface area contributed by atoms with Gasteiger partial charge < -0.3 is 10.3 Å². The fourth-order valence-corrected chi connectivity index (χ4v) is 2.43. The van der Waals surface area contributed by atoms with Crippen LogP contribution in [-0.4, -0.2) is 10.6 Å². The summed E-state index contributed by atoms with van der Waals surface area (Å²) in [5.74, 6) is 0. The summed E-state index contributed by atoms with van der Waals surface area (Å²) in [7, 11) is 0. The molecule has 100 valence electrons. The van der Waals surface area contributed by atoms with Gasteiger partial charge in [0.1, 0.15) is 0 Å². The van der Waals surface area contributed by atoms with Crippen molar-refractivity contribution in [1.82, 2.24) is 4.57 Å². The van der Waals surface area contributed by atoms with E-state index in [1.54, 1.807) is 0 Å². The monoisotopic (exact) mass is 255 g/mol. The molecule has 0 saturated heterocycles. The first-order valence-electron chi connectivity index (χ1n) is 6.95. The summed E-state index contributed by atoms with van der Waals surface area (Å²) < 4.78 is 2.25. The Bertz CT molecular complexity index is 577. The van der Waals surface area contributed by atoms with Crippen molar-refractivity contribution >= 4 is 10.9 Å². The highest BCUT2D eigenvalue weighted by Crippen LogP contribution is 2.23. The van der Waals surface area contributed by atoms with Gasteiger partial charge in [-0.15, -0.1) is 0 Å². The number of hydrogen-bond acceptors (Lipinski definition) is 2. The quantitative estimate of drug-likeness (QED) is 0.806. The Morgan fingerprint density at radius 1 is 1.37 bits per heavy atom. The minimum absolute atomic E-state index is 0.221. The Balaban J connectivity index is 2.29. The zero-order chi connectivity index (χ0) is 13.7. The number of nitriles is 1. The second kappa shape index (κ2) is 6.40. The van der Waals surface area contributed by atoms with E-state index in [0.717, 1.165) is 25.8 Å². The lowest BCUT2D eigenvalue weighted by Crippen LogP contribution is -2.21. The molecule has 19 heavy (non-hydrogen) atoms. The molecule has 0 fully saturated rings. The number of rotatable bonds is 6. The molecule has 0 aliphatic heterocycles. The van der Waals surface area contributed by atoms with Crippen LogP contribution >= 0.6 is 0 Å². The van der Waals surface area contributed by atoms with Gasteiger partial charge in [-0.2, -0.15) is 5.26 Å². The summed E-state index contributed by atoms with van der Waals surface area (Å²) in [4.78, 5) is 0. The molecule has 0 amide bonds. The van der Waals surface area contributed by atoms with E-state index in [0.29, 0.717) is 6.42 Å². The number of hydrogen-bond donors (Lipinski definition) is 1. The second-order valence-electron chi connectivity index (χ2n) is 5.00. The molecule has 1 atom stereocenters. The van der Waals surface area contributed by atoms with Crippen LogP contribution in [0.2, 0.25) is 0 Å². The average Bonchev–Trinajstić information content (AvgIpc) is 2.78. The van der Waals surface area contributed by atoms with Gasteiger partial charge in [0.05, 0.1) is 6.07 Å². The van der Waals surface area contributed by atoms with Crippen LogP contribution in [-0.2, 0) is 13.0 Å². The fraction of sp³-hybridized carbons (Fsp3) is 0.438. The lowest BCUT2D eigenvalue weighted by molar-refractivity contribution is 0.639. The first kappa shape index (κ1) is 13.6. The maximum absolute atomic E-state index is 8.64. The normalized spacial score (nSPS) is 12.5. The van der Waals surface area contributed by atoms with E-state index in [1.165, 1.54) is 16.5 Å². The van der Waals surface area contributed by atoms with E-state index < -0.39 is 0 Å². The molecule has 1 aromatic carbocycles. The van der Waals surface area contributed by atoms with Crippen molar-refractivity contribution in [3.63, 3.8) is 0 Å². The summed E-state index contributed by atoms with van der Waals surface area (Å²) in [5, 5.41) is 9.93. The first-order chi connectivity index (χ1) is 9.26. The van der Waals surface area contributed by atoms with E-state index >= 15 is 0 Å². The third kappa shape index (κ3) is 3.15. The Labute approximate surface area is 114 Å². The van der Waals surface area contributed by atoms with E-state index in [9.17, 15) is 0 Å². The molecule has 0 bridgehead atoms. The van der Waals surface area contributed by atoms with Gasteiger partial charge in [-0.25, -0.2) is 0 Å². The minimum atomic E-state index is 0.221. The molecule has 2 aromatic rings. The summed E-state index contributed by atoms with van der Waals surface area (Å²) in [6.07, 6.45) is 5.62. The van der Waals surface area contributed by atoms with Crippen molar-refractivity contribution in [2.24, 2.45) is 5.73 Å². The van der Waals surface area contributed by atoms with Crippen LogP contribution in [0.25, 0.3) is 10.9 Å². The number of unbranched alkanes of at least 4 members (excludes halogenated alkanes) is 1. The summed E-state index contributed by atoms with van der Waals surface area (Å²) in [6.45, 7) is 3.02. The molecule has 0 aliphatic rings. The van der Waals surface area contributed by atoms with Crippen LogP contribution in [0, 0.1) is 11.3 Å². The molecule has 0 radical (unpaired) electrons. The van der Waals surface area contributed by atoms with Gasteiger partial charge in [0.2, 0.25) is 0 Å². The average molecular weight is 255 g/mol. The molecule has 2 N–H and O–H groups in total. The molecule has 0 spiro atoms. The summed E-state index contributed by atoms with van der Waals surface area (Å²) >= 11 is 0. The predicted molar refractivity (Wildman–Crippen MR) is 78.8 cm³/mol. The molecule has 1 aromatic heterocycles. The zero-order valence-electron chi connectivity index (χ0n) is 11.5. The van der Waals surface area contributed by atoms with Crippen LogP contribution in [0.1, 0.15) is 31.7 Å². The maximum Gasteiger partial charge on any atom is 0.0622 e. The summed E-state index contributed by atoms with van der Waals surface area (Å²) in [6, 6.07) is 10.9. The van der Waals surface area contributed by atoms with E-state index in [4.69, 9.17) is 11.0 Å². The van der Waals surface area contributed by atoms with E-state index in [-0.39, 0.29) is 6.04 Å². The lowest BCUT2D eigenvalue weighted by atomic mass is 10.0. The molecular formula is C16H21N3. The van der Waals surface area contributed by atoms with Gasteiger partial charge >= 0.3 is 0 Å². The second-order valence-corrected chi connectivity index (χ2v) is 5.00. The zero-order valence-corrected chi connectivity index (χ0v) is 11.5. The van der Waals surface area contributed by atoms with Gasteiger partial charge in [-0.05, 0) is 30.9 Å². The Morgan fingerprint density at radius 2 is 2.16 bits per heavy atom. The largest absolute Gasteiger partial charge is 0.347 e. The third-order valence-electron chi connectivity index (χ3n) is 3.57. The highest BCUT2D eigenvalue weighted by molar-refractivity contribution is 5.84. The van der Waals surface area contributed by atoms with Crippen molar-refractivity contribution in [3.05, 3.63) is 36.0 Å². The van der Waals surface area contributed by atoms with Crippen LogP contribution < -0.4 is 5.73 Å². The molecule has 3 nitrogen and oxygen atoms in total. The number of para-hydroxylation sites is 1. The van der Waals surface area contributed by atoms with Crippen molar-refractivity contribution in [3.8, 4) is 6.07 Å². The van der Waals surface area contributed by atoms with Crippen molar-refractivity contribution in [2.75, 3.05) is 0 Å². The van der Waals surface area contributed by atoms with Crippen molar-refractivity contribution in [1.29, 1.82) is 5.26 Å². The number of fused-ring (bicyclic) bond motifs is 1. The van der Waals surface area contributed by atoms with Gasteiger partial charge in [0.25, 0.3) is 0 Å². The molecule has 2 rings (SSSR count).